The molecule has 5 heteroatoms. The Hall–Kier alpha value is -0.910. The van der Waals surface area contributed by atoms with Gasteiger partial charge in [-0.05, 0) is 70.7 Å². The summed E-state index contributed by atoms with van der Waals surface area (Å²) in [4.78, 5) is 2.15. The van der Waals surface area contributed by atoms with Crippen LogP contribution in [-0.2, 0) is 6.54 Å². The highest BCUT2D eigenvalue weighted by Crippen LogP contribution is 2.29. The van der Waals surface area contributed by atoms with Crippen molar-refractivity contribution in [3.8, 4) is 0 Å². The largest absolute Gasteiger partial charge is 0.370 e. The molecule has 0 aliphatic heterocycles. The molecule has 2 nitrogen and oxygen atoms in total. The third-order valence-electron chi connectivity index (χ3n) is 3.34. The molecule has 0 spiro atoms. The van der Waals surface area contributed by atoms with E-state index in [-0.39, 0.29) is 11.9 Å². The van der Waals surface area contributed by atoms with E-state index in [9.17, 15) is 4.39 Å². The van der Waals surface area contributed by atoms with Crippen LogP contribution in [0.1, 0.15) is 24.1 Å². The molecule has 2 aromatic rings. The molecule has 0 aliphatic carbocycles. The Kier molecular flexibility index (Phi) is 5.18. The fourth-order valence-electron chi connectivity index (χ4n) is 2.16. The minimum Gasteiger partial charge on any atom is -0.370 e. The van der Waals surface area contributed by atoms with Gasteiger partial charge < -0.3 is 10.2 Å². The van der Waals surface area contributed by atoms with Crippen LogP contribution in [0, 0.1) is 5.82 Å². The summed E-state index contributed by atoms with van der Waals surface area (Å²) in [7, 11) is 3.92. The van der Waals surface area contributed by atoms with E-state index in [1.807, 2.05) is 27.1 Å². The Balaban J connectivity index is 2.26. The maximum Gasteiger partial charge on any atom is 0.123 e. The second kappa shape index (κ2) is 6.70. The zero-order valence-electron chi connectivity index (χ0n) is 11.8. The van der Waals surface area contributed by atoms with Crippen LogP contribution in [0.15, 0.2) is 33.4 Å². The second-order valence-electron chi connectivity index (χ2n) is 4.83. The second-order valence-corrected chi connectivity index (χ2v) is 7.12. The Labute approximate surface area is 131 Å². The fraction of sp³-hybridized carbons (Fsp3) is 0.333. The summed E-state index contributed by atoms with van der Waals surface area (Å²) in [5, 5.41) is 5.30. The maximum atomic E-state index is 13.5. The van der Waals surface area contributed by atoms with Crippen LogP contribution in [0.2, 0.25) is 0 Å². The topological polar surface area (TPSA) is 15.3 Å². The molecule has 1 aromatic carbocycles. The van der Waals surface area contributed by atoms with Gasteiger partial charge in [-0.3, -0.25) is 0 Å². The molecule has 108 valence electrons. The van der Waals surface area contributed by atoms with Crippen molar-refractivity contribution in [3.63, 3.8) is 0 Å². The lowest BCUT2D eigenvalue weighted by molar-refractivity contribution is 0.607. The van der Waals surface area contributed by atoms with Gasteiger partial charge in [0.05, 0.1) is 3.79 Å². The van der Waals surface area contributed by atoms with E-state index in [1.54, 1.807) is 17.4 Å². The molecule has 1 N–H and O–H groups in total. The van der Waals surface area contributed by atoms with Gasteiger partial charge in [0, 0.05) is 25.3 Å². The van der Waals surface area contributed by atoms with E-state index in [0.29, 0.717) is 0 Å². The van der Waals surface area contributed by atoms with Crippen molar-refractivity contribution in [2.75, 3.05) is 19.0 Å². The van der Waals surface area contributed by atoms with E-state index in [0.717, 1.165) is 21.6 Å². The minimum absolute atomic E-state index is 0.109. The molecule has 1 heterocycles. The highest BCUT2D eigenvalue weighted by atomic mass is 79.9. The van der Waals surface area contributed by atoms with E-state index in [2.05, 4.69) is 37.6 Å². The third-order valence-corrected chi connectivity index (χ3v) is 4.90. The lowest BCUT2D eigenvalue weighted by atomic mass is 10.0. The molecule has 2 rings (SSSR count). The predicted octanol–water partition coefficient (Wildman–Crippen LogP) is 4.57. The molecule has 20 heavy (non-hydrogen) atoms. The van der Waals surface area contributed by atoms with Crippen molar-refractivity contribution in [2.24, 2.45) is 0 Å². The Morgan fingerprint density at radius 3 is 2.75 bits per heavy atom. The van der Waals surface area contributed by atoms with Crippen LogP contribution in [0.4, 0.5) is 10.1 Å². The first-order valence-electron chi connectivity index (χ1n) is 6.42. The zero-order chi connectivity index (χ0) is 14.7. The Morgan fingerprint density at radius 1 is 1.40 bits per heavy atom. The molecule has 1 aromatic heterocycles. The molecular formula is C15H18BrFN2S. The van der Waals surface area contributed by atoms with Crippen LogP contribution in [0.5, 0.6) is 0 Å². The third kappa shape index (κ3) is 3.59. The number of nitrogens with one attached hydrogen (secondary N) is 1. The molecule has 0 bridgehead atoms. The average molecular weight is 357 g/mol. The van der Waals surface area contributed by atoms with Gasteiger partial charge in [0.15, 0.2) is 0 Å². The number of thiophene rings is 1. The molecule has 0 saturated carbocycles. The number of benzene rings is 1. The number of halogens is 2. The highest BCUT2D eigenvalue weighted by Gasteiger charge is 2.14. The molecule has 0 fully saturated rings. The van der Waals surface area contributed by atoms with Gasteiger partial charge in [0.1, 0.15) is 5.82 Å². The summed E-state index contributed by atoms with van der Waals surface area (Å²) < 4.78 is 14.6. The first-order chi connectivity index (χ1) is 9.51. The van der Waals surface area contributed by atoms with Crippen LogP contribution in [0.25, 0.3) is 0 Å². The molecule has 0 aliphatic rings. The van der Waals surface area contributed by atoms with Crippen LogP contribution in [0.3, 0.4) is 0 Å². The summed E-state index contributed by atoms with van der Waals surface area (Å²) in [5.41, 5.74) is 3.27. The Morgan fingerprint density at radius 2 is 2.15 bits per heavy atom. The van der Waals surface area contributed by atoms with Gasteiger partial charge in [-0.2, -0.15) is 0 Å². The fourth-order valence-corrected chi connectivity index (χ4v) is 3.36. The van der Waals surface area contributed by atoms with Crippen LogP contribution in [-0.4, -0.2) is 14.1 Å². The zero-order valence-corrected chi connectivity index (χ0v) is 14.2. The lowest BCUT2D eigenvalue weighted by Crippen LogP contribution is -2.21. The molecule has 0 amide bonds. The van der Waals surface area contributed by atoms with E-state index >= 15 is 0 Å². The maximum absolute atomic E-state index is 13.5. The summed E-state index contributed by atoms with van der Waals surface area (Å²) in [5.74, 6) is -0.197. The standard InChI is InChI=1S/C15H18BrFN2S/c1-10(18-2)13-7-12(17)4-5-14(13)19(3)8-11-6-15(16)20-9-11/h4-7,9-10,18H,8H2,1-3H3. The van der Waals surface area contributed by atoms with Crippen molar-refractivity contribution in [2.45, 2.75) is 19.5 Å². The Bertz CT molecular complexity index is 585. The first kappa shape index (κ1) is 15.5. The summed E-state index contributed by atoms with van der Waals surface area (Å²) in [6.45, 7) is 2.84. The summed E-state index contributed by atoms with van der Waals surface area (Å²) >= 11 is 5.15. The van der Waals surface area contributed by atoms with Crippen molar-refractivity contribution >= 4 is 33.0 Å². The minimum atomic E-state index is -0.197. The lowest BCUT2D eigenvalue weighted by Gasteiger charge is -2.25. The molecule has 1 unspecified atom stereocenters. The number of anilines is 1. The van der Waals surface area contributed by atoms with Gasteiger partial charge >= 0.3 is 0 Å². The van der Waals surface area contributed by atoms with Gasteiger partial charge in [0.2, 0.25) is 0 Å². The van der Waals surface area contributed by atoms with Gasteiger partial charge in [0.25, 0.3) is 0 Å². The number of rotatable bonds is 5. The van der Waals surface area contributed by atoms with Crippen molar-refractivity contribution in [3.05, 3.63) is 50.4 Å². The van der Waals surface area contributed by atoms with Gasteiger partial charge in [-0.1, -0.05) is 0 Å². The van der Waals surface area contributed by atoms with Crippen molar-refractivity contribution in [1.29, 1.82) is 0 Å². The monoisotopic (exact) mass is 356 g/mol. The predicted molar refractivity (Wildman–Crippen MR) is 88.0 cm³/mol. The van der Waals surface area contributed by atoms with E-state index in [4.69, 9.17) is 0 Å². The van der Waals surface area contributed by atoms with Gasteiger partial charge in [-0.15, -0.1) is 11.3 Å². The molecular weight excluding hydrogens is 339 g/mol. The van der Waals surface area contributed by atoms with E-state index in [1.165, 1.54) is 11.6 Å². The van der Waals surface area contributed by atoms with E-state index < -0.39 is 0 Å². The highest BCUT2D eigenvalue weighted by molar-refractivity contribution is 9.11. The smallest absolute Gasteiger partial charge is 0.123 e. The van der Waals surface area contributed by atoms with Crippen molar-refractivity contribution in [1.82, 2.24) is 5.32 Å². The molecule has 0 radical (unpaired) electrons. The molecule has 1 atom stereocenters. The van der Waals surface area contributed by atoms with Crippen LogP contribution >= 0.6 is 27.3 Å². The number of hydrogen-bond donors (Lipinski definition) is 1. The number of nitrogens with zero attached hydrogens (tertiary/aromatic N) is 1. The molecule has 0 saturated heterocycles. The number of hydrogen-bond acceptors (Lipinski definition) is 3. The summed E-state index contributed by atoms with van der Waals surface area (Å²) in [6, 6.07) is 7.20. The quantitative estimate of drug-likeness (QED) is 0.844. The first-order valence-corrected chi connectivity index (χ1v) is 8.09. The summed E-state index contributed by atoms with van der Waals surface area (Å²) in [6.07, 6.45) is 0. The normalized spacial score (nSPS) is 12.4. The van der Waals surface area contributed by atoms with Crippen molar-refractivity contribution < 1.29 is 4.39 Å². The van der Waals surface area contributed by atoms with Crippen LogP contribution < -0.4 is 10.2 Å². The average Bonchev–Trinajstić information content (AvgIpc) is 2.82. The van der Waals surface area contributed by atoms with Gasteiger partial charge in [-0.25, -0.2) is 4.39 Å². The SMILES string of the molecule is CNC(C)c1cc(F)ccc1N(C)Cc1csc(Br)c1.